The number of imidazole rings is 1. The average Bonchev–Trinajstić information content (AvgIpc) is 2.72. The second-order valence-electron chi connectivity index (χ2n) is 4.44. The van der Waals surface area contributed by atoms with Crippen molar-refractivity contribution in [2.24, 2.45) is 5.92 Å². The van der Waals surface area contributed by atoms with Crippen LogP contribution in [0.1, 0.15) is 19.0 Å². The van der Waals surface area contributed by atoms with E-state index >= 15 is 0 Å². The summed E-state index contributed by atoms with van der Waals surface area (Å²) in [5, 5.41) is 12.2. The summed E-state index contributed by atoms with van der Waals surface area (Å²) in [5.41, 5.74) is 1.95. The van der Waals surface area contributed by atoms with Crippen LogP contribution in [0.25, 0.3) is 5.65 Å². The summed E-state index contributed by atoms with van der Waals surface area (Å²) >= 11 is 3.36. The van der Waals surface area contributed by atoms with Crippen molar-refractivity contribution in [1.82, 2.24) is 19.7 Å². The third kappa shape index (κ3) is 3.28. The smallest absolute Gasteiger partial charge is 0.155 e. The van der Waals surface area contributed by atoms with E-state index in [1.54, 1.807) is 6.20 Å². The van der Waals surface area contributed by atoms with Gasteiger partial charge >= 0.3 is 0 Å². The van der Waals surface area contributed by atoms with Crippen molar-refractivity contribution in [3.63, 3.8) is 0 Å². The lowest BCUT2D eigenvalue weighted by molar-refractivity contribution is 0.260. The Balaban J connectivity index is 1.97. The van der Waals surface area contributed by atoms with Gasteiger partial charge in [-0.15, -0.1) is 0 Å². The molecule has 2 N–H and O–H groups in total. The third-order valence-corrected chi connectivity index (χ3v) is 3.27. The van der Waals surface area contributed by atoms with E-state index in [-0.39, 0.29) is 6.61 Å². The van der Waals surface area contributed by atoms with Gasteiger partial charge in [-0.3, -0.25) is 4.40 Å². The highest BCUT2D eigenvalue weighted by Gasteiger charge is 2.05. The molecule has 0 radical (unpaired) electrons. The van der Waals surface area contributed by atoms with E-state index in [0.717, 1.165) is 35.5 Å². The lowest BCUT2D eigenvalue weighted by Gasteiger charge is -2.10. The highest BCUT2D eigenvalue weighted by molar-refractivity contribution is 9.10. The number of rotatable bonds is 6. The summed E-state index contributed by atoms with van der Waals surface area (Å²) in [4.78, 5) is 8.43. The number of nitrogens with one attached hydrogen (secondary N) is 1. The molecule has 98 valence electrons. The molecule has 0 saturated carbocycles. The summed E-state index contributed by atoms with van der Waals surface area (Å²) < 4.78 is 2.81. The molecule has 1 atom stereocenters. The first kappa shape index (κ1) is 13.5. The zero-order valence-electron chi connectivity index (χ0n) is 10.3. The lowest BCUT2D eigenvalue weighted by Crippen LogP contribution is -2.22. The fourth-order valence-electron chi connectivity index (χ4n) is 1.82. The summed E-state index contributed by atoms with van der Waals surface area (Å²) in [6.07, 6.45) is 6.33. The minimum atomic E-state index is 0.247. The van der Waals surface area contributed by atoms with E-state index in [1.807, 2.05) is 16.8 Å². The van der Waals surface area contributed by atoms with Crippen molar-refractivity contribution in [2.45, 2.75) is 19.9 Å². The molecule has 0 aliphatic carbocycles. The number of hydrogen-bond donors (Lipinski definition) is 2. The quantitative estimate of drug-likeness (QED) is 0.850. The minimum Gasteiger partial charge on any atom is -0.396 e. The second-order valence-corrected chi connectivity index (χ2v) is 5.25. The van der Waals surface area contributed by atoms with Gasteiger partial charge in [0, 0.05) is 19.3 Å². The third-order valence-electron chi connectivity index (χ3n) is 2.86. The van der Waals surface area contributed by atoms with Crippen molar-refractivity contribution in [3.05, 3.63) is 28.9 Å². The number of aliphatic hydroxyl groups is 1. The molecule has 2 rings (SSSR count). The van der Waals surface area contributed by atoms with E-state index in [4.69, 9.17) is 5.11 Å². The summed E-state index contributed by atoms with van der Waals surface area (Å²) in [6, 6.07) is 0. The van der Waals surface area contributed by atoms with Crippen molar-refractivity contribution >= 4 is 21.6 Å². The molecule has 0 amide bonds. The molecule has 0 aliphatic heterocycles. The van der Waals surface area contributed by atoms with Crippen LogP contribution in [-0.4, -0.2) is 32.6 Å². The van der Waals surface area contributed by atoms with Gasteiger partial charge in [0.25, 0.3) is 0 Å². The van der Waals surface area contributed by atoms with E-state index in [0.29, 0.717) is 5.92 Å². The van der Waals surface area contributed by atoms with Crippen molar-refractivity contribution < 1.29 is 5.11 Å². The first-order valence-corrected chi connectivity index (χ1v) is 6.79. The Hall–Kier alpha value is -0.980. The molecule has 6 heteroatoms. The maximum atomic E-state index is 8.84. The van der Waals surface area contributed by atoms with Gasteiger partial charge in [-0.25, -0.2) is 9.97 Å². The predicted molar refractivity (Wildman–Crippen MR) is 73.3 cm³/mol. The van der Waals surface area contributed by atoms with Crippen molar-refractivity contribution in [1.29, 1.82) is 0 Å². The Morgan fingerprint density at radius 1 is 1.44 bits per heavy atom. The number of hydrogen-bond acceptors (Lipinski definition) is 4. The number of aromatic nitrogens is 3. The normalized spacial score (nSPS) is 13.1. The molecule has 1 unspecified atom stereocenters. The van der Waals surface area contributed by atoms with Crippen LogP contribution in [0, 0.1) is 5.92 Å². The van der Waals surface area contributed by atoms with Crippen LogP contribution in [0.5, 0.6) is 0 Å². The standard InChI is InChI=1S/C12H17BrN4O/c1-9(2-3-18)4-14-5-10-6-16-12-7-15-11(13)8-17(10)12/h6-9,14,18H,2-5H2,1H3. The van der Waals surface area contributed by atoms with Gasteiger partial charge in [0.05, 0.1) is 18.1 Å². The topological polar surface area (TPSA) is 62.5 Å². The summed E-state index contributed by atoms with van der Waals surface area (Å²) in [6.45, 7) is 4.02. The van der Waals surface area contributed by atoms with Gasteiger partial charge in [0.15, 0.2) is 5.65 Å². The van der Waals surface area contributed by atoms with Gasteiger partial charge in [0.2, 0.25) is 0 Å². The maximum Gasteiger partial charge on any atom is 0.155 e. The zero-order valence-corrected chi connectivity index (χ0v) is 11.9. The minimum absolute atomic E-state index is 0.247. The summed E-state index contributed by atoms with van der Waals surface area (Å²) in [5.74, 6) is 0.475. The molecule has 0 aliphatic rings. The molecule has 18 heavy (non-hydrogen) atoms. The van der Waals surface area contributed by atoms with E-state index in [2.05, 4.69) is 38.1 Å². The highest BCUT2D eigenvalue weighted by Crippen LogP contribution is 2.10. The Kier molecular flexibility index (Phi) is 4.68. The molecule has 0 fully saturated rings. The van der Waals surface area contributed by atoms with Gasteiger partial charge in [-0.05, 0) is 34.8 Å². The van der Waals surface area contributed by atoms with Crippen LogP contribution in [0.15, 0.2) is 23.2 Å². The van der Waals surface area contributed by atoms with Crippen LogP contribution in [-0.2, 0) is 6.54 Å². The molecule has 2 aromatic heterocycles. The maximum absolute atomic E-state index is 8.84. The number of nitrogens with zero attached hydrogens (tertiary/aromatic N) is 3. The zero-order chi connectivity index (χ0) is 13.0. The average molecular weight is 313 g/mol. The number of halogens is 1. The van der Waals surface area contributed by atoms with Gasteiger partial charge in [-0.2, -0.15) is 0 Å². The number of aliphatic hydroxyl groups excluding tert-OH is 1. The molecule has 0 bridgehead atoms. The molecule has 2 aromatic rings. The Morgan fingerprint density at radius 2 is 2.28 bits per heavy atom. The van der Waals surface area contributed by atoms with Crippen LogP contribution < -0.4 is 5.32 Å². The van der Waals surface area contributed by atoms with Crippen LogP contribution in [0.4, 0.5) is 0 Å². The fraction of sp³-hybridized carbons (Fsp3) is 0.500. The first-order valence-electron chi connectivity index (χ1n) is 5.99. The molecule has 0 spiro atoms. The lowest BCUT2D eigenvalue weighted by atomic mass is 10.1. The van der Waals surface area contributed by atoms with E-state index in [1.165, 1.54) is 0 Å². The molecule has 2 heterocycles. The van der Waals surface area contributed by atoms with Crippen molar-refractivity contribution in [3.8, 4) is 0 Å². The fourth-order valence-corrected chi connectivity index (χ4v) is 2.12. The Morgan fingerprint density at radius 3 is 3.06 bits per heavy atom. The van der Waals surface area contributed by atoms with Gasteiger partial charge in [0.1, 0.15) is 4.60 Å². The second kappa shape index (κ2) is 6.26. The summed E-state index contributed by atoms with van der Waals surface area (Å²) in [7, 11) is 0. The van der Waals surface area contributed by atoms with E-state index in [9.17, 15) is 0 Å². The monoisotopic (exact) mass is 312 g/mol. The van der Waals surface area contributed by atoms with Gasteiger partial charge in [-0.1, -0.05) is 6.92 Å². The molecular formula is C12H17BrN4O. The van der Waals surface area contributed by atoms with Crippen LogP contribution in [0.3, 0.4) is 0 Å². The first-order chi connectivity index (χ1) is 8.70. The number of fused-ring (bicyclic) bond motifs is 1. The highest BCUT2D eigenvalue weighted by atomic mass is 79.9. The molecular weight excluding hydrogens is 296 g/mol. The Bertz CT molecular complexity index is 514. The SMILES string of the molecule is CC(CCO)CNCc1cnc2cnc(Br)cn12. The Labute approximate surface area is 114 Å². The van der Waals surface area contributed by atoms with Gasteiger partial charge < -0.3 is 10.4 Å². The molecule has 5 nitrogen and oxygen atoms in total. The van der Waals surface area contributed by atoms with Crippen LogP contribution in [0.2, 0.25) is 0 Å². The molecule has 0 saturated heterocycles. The van der Waals surface area contributed by atoms with E-state index < -0.39 is 0 Å². The predicted octanol–water partition coefficient (Wildman–Crippen LogP) is 1.60. The van der Waals surface area contributed by atoms with Crippen LogP contribution >= 0.6 is 15.9 Å². The van der Waals surface area contributed by atoms with Crippen molar-refractivity contribution in [2.75, 3.05) is 13.2 Å². The largest absolute Gasteiger partial charge is 0.396 e. The molecule has 0 aromatic carbocycles.